The maximum atomic E-state index is 2.64. The average Bonchev–Trinajstić information content (AvgIpc) is 2.34. The Morgan fingerprint density at radius 2 is 0.974 bits per heavy atom. The van der Waals surface area contributed by atoms with Crippen LogP contribution in [-0.2, 0) is 27.1 Å². The van der Waals surface area contributed by atoms with Gasteiger partial charge < -0.3 is 9.80 Å². The van der Waals surface area contributed by atoms with Crippen LogP contribution in [0, 0.1) is 6.92 Å². The van der Waals surface area contributed by atoms with Crippen LogP contribution in [0.3, 0.4) is 0 Å². The van der Waals surface area contributed by atoms with Crippen LogP contribution in [0.1, 0.15) is 133 Å². The van der Waals surface area contributed by atoms with E-state index in [0.29, 0.717) is 0 Å². The Morgan fingerprint density at radius 3 is 1.59 bits per heavy atom. The Labute approximate surface area is 467 Å². The van der Waals surface area contributed by atoms with Crippen molar-refractivity contribution in [2.24, 2.45) is 0 Å². The SMILES string of the molecule is Cc1cc2c3c(c1)N(c1ccccc1)c1c(sc4cc5c(cc14)-c1ccc(C(C)(C)C)cc1C51c4ccccc4-c4ccccc41)B3c1ccc(-c3c(C(C)(C)C)cccc3C(C)(C)C)cc1N2c1ccc(C(C)(C)C)cc1. The lowest BCUT2D eigenvalue weighted by Gasteiger charge is -2.43. The number of thiophene rings is 1. The molecule has 78 heavy (non-hydrogen) atoms. The summed E-state index contributed by atoms with van der Waals surface area (Å²) in [7, 11) is 0. The van der Waals surface area contributed by atoms with Gasteiger partial charge in [-0.3, -0.25) is 0 Å². The van der Waals surface area contributed by atoms with Gasteiger partial charge in [-0.15, -0.1) is 11.3 Å². The molecule has 0 bridgehead atoms. The first-order valence-electron chi connectivity index (χ1n) is 28.3. The van der Waals surface area contributed by atoms with Crippen LogP contribution in [-0.4, -0.2) is 6.71 Å². The molecule has 2 aliphatic heterocycles. The average molecular weight is 1030 g/mol. The minimum Gasteiger partial charge on any atom is -0.311 e. The molecule has 1 aromatic heterocycles. The molecule has 10 aromatic rings. The summed E-state index contributed by atoms with van der Waals surface area (Å²) in [4.78, 5) is 5.24. The molecule has 0 N–H and O–H groups in total. The maximum absolute atomic E-state index is 2.64. The zero-order chi connectivity index (χ0) is 54.2. The van der Waals surface area contributed by atoms with Crippen molar-refractivity contribution in [1.29, 1.82) is 0 Å². The number of fused-ring (bicyclic) bond motifs is 16. The lowest BCUT2D eigenvalue weighted by Crippen LogP contribution is -2.60. The summed E-state index contributed by atoms with van der Waals surface area (Å²) in [6.07, 6.45) is 0. The van der Waals surface area contributed by atoms with Crippen LogP contribution in [0.15, 0.2) is 182 Å². The minimum absolute atomic E-state index is 0.0179. The Hall–Kier alpha value is -7.40. The van der Waals surface area contributed by atoms with Gasteiger partial charge in [-0.25, -0.2) is 0 Å². The van der Waals surface area contributed by atoms with E-state index >= 15 is 0 Å². The van der Waals surface area contributed by atoms with Crippen LogP contribution in [0.2, 0.25) is 0 Å². The lowest BCUT2D eigenvalue weighted by molar-refractivity contribution is 0.572. The van der Waals surface area contributed by atoms with Crippen molar-refractivity contribution in [3.05, 3.63) is 232 Å². The second-order valence-electron chi connectivity index (χ2n) is 27.0. The van der Waals surface area contributed by atoms with E-state index in [0.717, 1.165) is 0 Å². The Bertz CT molecular complexity index is 4070. The number of para-hydroxylation sites is 1. The third kappa shape index (κ3) is 6.94. The van der Waals surface area contributed by atoms with Gasteiger partial charge in [0.25, 0.3) is 6.71 Å². The standard InChI is InChI=1S/C74H69BN2S/c1-44-38-63-67-64(39-44)77(48-22-15-14-16-23-48)68-54-42-53-52-36-33-47(71(5,6)7)41-59(52)74(55-26-19-17-24-50(55)51-25-18-20-27-56(51)74)60(53)43-65(54)78-69(68)75(67)61-37-30-45(66-57(72(8,9)10)28-21-29-58(66)73(11,12)13)40-62(61)76(63)49-34-31-46(32-35-49)70(2,3)4/h14-43H,1-13H3. The molecular formula is C74H69BN2S. The van der Waals surface area contributed by atoms with Crippen LogP contribution >= 0.6 is 11.3 Å². The van der Waals surface area contributed by atoms with Crippen molar-refractivity contribution >= 4 is 78.0 Å². The van der Waals surface area contributed by atoms with E-state index < -0.39 is 5.41 Å². The summed E-state index contributed by atoms with van der Waals surface area (Å²) >= 11 is 2.02. The first-order chi connectivity index (χ1) is 37.1. The molecule has 0 unspecified atom stereocenters. The van der Waals surface area contributed by atoms with Crippen LogP contribution in [0.5, 0.6) is 0 Å². The molecule has 0 fully saturated rings. The fraction of sp³-hybridized carbons (Fsp3) is 0.243. The Balaban J connectivity index is 1.09. The molecule has 0 radical (unpaired) electrons. The van der Waals surface area contributed by atoms with Gasteiger partial charge in [0.2, 0.25) is 0 Å². The van der Waals surface area contributed by atoms with Gasteiger partial charge in [-0.1, -0.05) is 210 Å². The number of aryl methyl sites for hydroxylation is 1. The van der Waals surface area contributed by atoms with E-state index in [2.05, 4.69) is 282 Å². The molecule has 4 heteroatoms. The molecule has 2 aliphatic carbocycles. The van der Waals surface area contributed by atoms with Gasteiger partial charge in [-0.2, -0.15) is 0 Å². The summed E-state index contributed by atoms with van der Waals surface area (Å²) in [6.45, 7) is 30.5. The molecule has 0 amide bonds. The van der Waals surface area contributed by atoms with Gasteiger partial charge in [0.05, 0.1) is 11.1 Å². The van der Waals surface area contributed by atoms with Gasteiger partial charge >= 0.3 is 0 Å². The quantitative estimate of drug-likeness (QED) is 0.163. The fourth-order valence-corrected chi connectivity index (χ4v) is 15.6. The Morgan fingerprint density at radius 1 is 0.423 bits per heavy atom. The van der Waals surface area contributed by atoms with E-state index in [-0.39, 0.29) is 28.4 Å². The summed E-state index contributed by atoms with van der Waals surface area (Å²) in [5.41, 5.74) is 29.7. The van der Waals surface area contributed by atoms with Gasteiger partial charge in [-0.05, 0) is 178 Å². The van der Waals surface area contributed by atoms with Crippen molar-refractivity contribution in [3.8, 4) is 33.4 Å². The van der Waals surface area contributed by atoms with Crippen molar-refractivity contribution in [2.45, 2.75) is 117 Å². The molecule has 3 heterocycles. The van der Waals surface area contributed by atoms with Gasteiger partial charge in [0, 0.05) is 43.3 Å². The van der Waals surface area contributed by atoms with E-state index in [1.54, 1.807) is 0 Å². The summed E-state index contributed by atoms with van der Waals surface area (Å²) in [5.74, 6) is 0. The van der Waals surface area contributed by atoms with E-state index in [4.69, 9.17) is 0 Å². The number of benzene rings is 9. The van der Waals surface area contributed by atoms with Gasteiger partial charge in [0.1, 0.15) is 0 Å². The summed E-state index contributed by atoms with van der Waals surface area (Å²) in [5, 5.41) is 1.31. The minimum atomic E-state index is -0.462. The zero-order valence-corrected chi connectivity index (χ0v) is 48.5. The van der Waals surface area contributed by atoms with Crippen LogP contribution in [0.25, 0.3) is 43.5 Å². The molecule has 14 rings (SSSR count). The summed E-state index contributed by atoms with van der Waals surface area (Å²) < 4.78 is 2.71. The zero-order valence-electron chi connectivity index (χ0n) is 47.7. The highest BCUT2D eigenvalue weighted by atomic mass is 32.1. The van der Waals surface area contributed by atoms with Crippen LogP contribution in [0.4, 0.5) is 34.1 Å². The molecule has 4 aliphatic rings. The molecule has 384 valence electrons. The lowest BCUT2D eigenvalue weighted by atomic mass is 9.36. The van der Waals surface area contributed by atoms with E-state index in [9.17, 15) is 0 Å². The number of nitrogens with zero attached hydrogens (tertiary/aromatic N) is 2. The predicted octanol–water partition coefficient (Wildman–Crippen LogP) is 18.5. The highest BCUT2D eigenvalue weighted by Gasteiger charge is 2.53. The number of hydrogen-bond acceptors (Lipinski definition) is 3. The van der Waals surface area contributed by atoms with Crippen molar-refractivity contribution < 1.29 is 0 Å². The maximum Gasteiger partial charge on any atom is 0.264 e. The van der Waals surface area contributed by atoms with Crippen LogP contribution < -0.4 is 25.5 Å². The molecule has 1 spiro atoms. The normalized spacial score (nSPS) is 14.8. The third-order valence-electron chi connectivity index (χ3n) is 17.9. The monoisotopic (exact) mass is 1030 g/mol. The Kier molecular flexibility index (Phi) is 10.4. The highest BCUT2D eigenvalue weighted by Crippen LogP contribution is 2.64. The second-order valence-corrected chi connectivity index (χ2v) is 28.1. The fourth-order valence-electron chi connectivity index (χ4n) is 14.2. The first-order valence-corrected chi connectivity index (χ1v) is 29.1. The van der Waals surface area contributed by atoms with Crippen molar-refractivity contribution in [3.63, 3.8) is 0 Å². The van der Waals surface area contributed by atoms with E-state index in [1.807, 2.05) is 11.3 Å². The summed E-state index contributed by atoms with van der Waals surface area (Å²) in [6, 6.07) is 71.3. The molecule has 9 aromatic carbocycles. The first kappa shape index (κ1) is 48.9. The third-order valence-corrected chi connectivity index (χ3v) is 19.1. The highest BCUT2D eigenvalue weighted by molar-refractivity contribution is 7.33. The smallest absolute Gasteiger partial charge is 0.264 e. The van der Waals surface area contributed by atoms with Gasteiger partial charge in [0.15, 0.2) is 0 Å². The number of rotatable bonds is 3. The molecule has 2 nitrogen and oxygen atoms in total. The second kappa shape index (κ2) is 16.6. The van der Waals surface area contributed by atoms with Crippen molar-refractivity contribution in [2.75, 3.05) is 9.80 Å². The topological polar surface area (TPSA) is 6.48 Å². The molecular weight excluding hydrogens is 960 g/mol. The number of hydrogen-bond donors (Lipinski definition) is 0. The number of anilines is 6. The molecule has 0 atom stereocenters. The largest absolute Gasteiger partial charge is 0.311 e. The predicted molar refractivity (Wildman–Crippen MR) is 337 cm³/mol. The molecule has 0 saturated heterocycles. The van der Waals surface area contributed by atoms with E-state index in [1.165, 1.54) is 143 Å². The van der Waals surface area contributed by atoms with Crippen molar-refractivity contribution in [1.82, 2.24) is 0 Å². The molecule has 0 saturated carbocycles.